The molecule has 0 spiro atoms. The molecule has 2 aliphatic carbocycles. The minimum atomic E-state index is 0.107. The van der Waals surface area contributed by atoms with Crippen molar-refractivity contribution in [2.75, 3.05) is 0 Å². The van der Waals surface area contributed by atoms with Crippen LogP contribution in [0.4, 0.5) is 0 Å². The van der Waals surface area contributed by atoms with Gasteiger partial charge in [0.25, 0.3) is 0 Å². The van der Waals surface area contributed by atoms with Gasteiger partial charge in [-0.3, -0.25) is 0 Å². The van der Waals surface area contributed by atoms with E-state index in [1.54, 1.807) is 0 Å². The van der Waals surface area contributed by atoms with E-state index in [-0.39, 0.29) is 10.8 Å². The van der Waals surface area contributed by atoms with Crippen LogP contribution in [-0.4, -0.2) is 21.8 Å². The van der Waals surface area contributed by atoms with Gasteiger partial charge < -0.3 is 10.4 Å². The molecule has 4 heteroatoms. The molecule has 0 aromatic rings. The Balaban J connectivity index is 2.33. The summed E-state index contributed by atoms with van der Waals surface area (Å²) in [6, 6.07) is 0. The maximum atomic E-state index is 8.78. The van der Waals surface area contributed by atoms with Crippen molar-refractivity contribution in [3.8, 4) is 0 Å². The highest BCUT2D eigenvalue weighted by molar-refractivity contribution is 5.95. The summed E-state index contributed by atoms with van der Waals surface area (Å²) >= 11 is 0. The van der Waals surface area contributed by atoms with E-state index < -0.39 is 0 Å². The van der Waals surface area contributed by atoms with Crippen LogP contribution in [0.5, 0.6) is 0 Å². The Hall–Kier alpha value is -1.06. The maximum Gasteiger partial charge on any atom is 0.0582 e. The largest absolute Gasteiger partial charge is 0.411 e. The summed E-state index contributed by atoms with van der Waals surface area (Å²) in [6.07, 6.45) is 3.27. The van der Waals surface area contributed by atoms with Crippen LogP contribution in [0.25, 0.3) is 0 Å². The molecule has 0 bridgehead atoms. The van der Waals surface area contributed by atoms with Gasteiger partial charge in [0.15, 0.2) is 0 Å². The van der Waals surface area contributed by atoms with Gasteiger partial charge in [-0.25, -0.2) is 0 Å². The van der Waals surface area contributed by atoms with Gasteiger partial charge in [-0.15, -0.1) is 0 Å². The molecule has 78 valence electrons. The van der Waals surface area contributed by atoms with Gasteiger partial charge in [0.1, 0.15) is 0 Å². The lowest BCUT2D eigenvalue weighted by Gasteiger charge is -2.32. The van der Waals surface area contributed by atoms with Crippen molar-refractivity contribution in [1.29, 1.82) is 0 Å². The van der Waals surface area contributed by atoms with Crippen LogP contribution < -0.4 is 0 Å². The van der Waals surface area contributed by atoms with Crippen LogP contribution >= 0.6 is 0 Å². The summed E-state index contributed by atoms with van der Waals surface area (Å²) in [5.41, 5.74) is 1.98. The molecule has 2 aliphatic rings. The molecular formula is C10H16N2O2. The van der Waals surface area contributed by atoms with Crippen LogP contribution in [0, 0.1) is 10.8 Å². The fourth-order valence-corrected chi connectivity index (χ4v) is 3.05. The lowest BCUT2D eigenvalue weighted by molar-refractivity contribution is 0.157. The van der Waals surface area contributed by atoms with E-state index in [9.17, 15) is 0 Å². The monoisotopic (exact) mass is 196 g/mol. The highest BCUT2D eigenvalue weighted by atomic mass is 16.4. The van der Waals surface area contributed by atoms with Crippen LogP contribution in [0.3, 0.4) is 0 Å². The van der Waals surface area contributed by atoms with Crippen molar-refractivity contribution in [2.45, 2.75) is 39.5 Å². The Kier molecular flexibility index (Phi) is 1.84. The van der Waals surface area contributed by atoms with Crippen molar-refractivity contribution in [1.82, 2.24) is 0 Å². The minimum absolute atomic E-state index is 0.107. The average molecular weight is 196 g/mol. The zero-order valence-corrected chi connectivity index (χ0v) is 8.62. The molecule has 2 saturated carbocycles. The molecule has 0 radical (unpaired) electrons. The van der Waals surface area contributed by atoms with E-state index in [4.69, 9.17) is 10.4 Å². The average Bonchev–Trinajstić information content (AvgIpc) is 2.50. The first-order chi connectivity index (χ1) is 6.53. The van der Waals surface area contributed by atoms with Crippen molar-refractivity contribution >= 4 is 11.4 Å². The SMILES string of the molecule is CC12CC(=NO)CC1(C)CC(=NO)C2. The van der Waals surface area contributed by atoms with Crippen LogP contribution in [0.1, 0.15) is 39.5 Å². The molecule has 2 rings (SSSR count). The number of hydrogen-bond acceptors (Lipinski definition) is 4. The summed E-state index contributed by atoms with van der Waals surface area (Å²) in [5, 5.41) is 24.2. The van der Waals surface area contributed by atoms with E-state index in [0.29, 0.717) is 0 Å². The van der Waals surface area contributed by atoms with E-state index in [2.05, 4.69) is 24.2 Å². The van der Waals surface area contributed by atoms with Crippen LogP contribution in [-0.2, 0) is 0 Å². The first-order valence-corrected chi connectivity index (χ1v) is 4.93. The standard InChI is InChI=1S/C10H16N2O2/c1-9-3-7(11-13)5-10(9,2)6-8(4-9)12-14/h13-14H,3-6H2,1-2H3. The van der Waals surface area contributed by atoms with E-state index in [1.807, 2.05) is 0 Å². The first-order valence-electron chi connectivity index (χ1n) is 4.93. The highest BCUT2D eigenvalue weighted by Crippen LogP contribution is 2.60. The van der Waals surface area contributed by atoms with Gasteiger partial charge in [-0.1, -0.05) is 24.2 Å². The van der Waals surface area contributed by atoms with E-state index >= 15 is 0 Å². The normalized spacial score (nSPS) is 41.3. The topological polar surface area (TPSA) is 65.2 Å². The number of hydrogen-bond donors (Lipinski definition) is 2. The van der Waals surface area contributed by atoms with Gasteiger partial charge in [0, 0.05) is 0 Å². The summed E-state index contributed by atoms with van der Waals surface area (Å²) in [5.74, 6) is 0. The third-order valence-corrected chi connectivity index (χ3v) is 4.12. The fourth-order valence-electron chi connectivity index (χ4n) is 3.05. The Labute approximate surface area is 83.3 Å². The van der Waals surface area contributed by atoms with Gasteiger partial charge in [-0.05, 0) is 36.5 Å². The van der Waals surface area contributed by atoms with Crippen LogP contribution in [0.15, 0.2) is 10.3 Å². The summed E-state index contributed by atoms with van der Waals surface area (Å²) in [4.78, 5) is 0. The van der Waals surface area contributed by atoms with Gasteiger partial charge >= 0.3 is 0 Å². The lowest BCUT2D eigenvalue weighted by Crippen LogP contribution is -2.25. The van der Waals surface area contributed by atoms with E-state index in [0.717, 1.165) is 37.1 Å². The molecule has 2 N–H and O–H groups in total. The summed E-state index contributed by atoms with van der Waals surface area (Å²) in [6.45, 7) is 4.37. The number of fused-ring (bicyclic) bond motifs is 1. The third kappa shape index (κ3) is 1.06. The molecule has 0 aromatic heterocycles. The molecule has 14 heavy (non-hydrogen) atoms. The zero-order valence-electron chi connectivity index (χ0n) is 8.62. The molecule has 0 atom stereocenters. The number of nitrogens with zero attached hydrogens (tertiary/aromatic N) is 2. The predicted octanol–water partition coefficient (Wildman–Crippen LogP) is 2.25. The number of oxime groups is 2. The summed E-state index contributed by atoms with van der Waals surface area (Å²) in [7, 11) is 0. The van der Waals surface area contributed by atoms with Crippen molar-refractivity contribution in [3.63, 3.8) is 0 Å². The van der Waals surface area contributed by atoms with E-state index in [1.165, 1.54) is 0 Å². The molecule has 0 unspecified atom stereocenters. The Morgan fingerprint density at radius 2 is 1.14 bits per heavy atom. The second-order valence-electron chi connectivity index (χ2n) is 5.16. The van der Waals surface area contributed by atoms with Gasteiger partial charge in [-0.2, -0.15) is 0 Å². The Bertz CT molecular complexity index is 272. The molecule has 0 heterocycles. The van der Waals surface area contributed by atoms with Gasteiger partial charge in [0.2, 0.25) is 0 Å². The Morgan fingerprint density at radius 1 is 0.857 bits per heavy atom. The van der Waals surface area contributed by atoms with Crippen molar-refractivity contribution in [2.24, 2.45) is 21.1 Å². The highest BCUT2D eigenvalue weighted by Gasteiger charge is 2.56. The molecule has 2 fully saturated rings. The third-order valence-electron chi connectivity index (χ3n) is 4.12. The van der Waals surface area contributed by atoms with Crippen molar-refractivity contribution < 1.29 is 10.4 Å². The maximum absolute atomic E-state index is 8.78. The quantitative estimate of drug-likeness (QED) is 0.461. The molecule has 4 nitrogen and oxygen atoms in total. The second kappa shape index (κ2) is 2.72. The van der Waals surface area contributed by atoms with Crippen molar-refractivity contribution in [3.05, 3.63) is 0 Å². The summed E-state index contributed by atoms with van der Waals surface area (Å²) < 4.78 is 0. The fraction of sp³-hybridized carbons (Fsp3) is 0.800. The minimum Gasteiger partial charge on any atom is -0.411 e. The lowest BCUT2D eigenvalue weighted by atomic mass is 9.71. The Morgan fingerprint density at radius 3 is 1.36 bits per heavy atom. The molecular weight excluding hydrogens is 180 g/mol. The molecule has 0 aromatic carbocycles. The molecule has 0 aliphatic heterocycles. The molecule has 0 saturated heterocycles. The smallest absolute Gasteiger partial charge is 0.0582 e. The second-order valence-corrected chi connectivity index (χ2v) is 5.16. The van der Waals surface area contributed by atoms with Gasteiger partial charge in [0.05, 0.1) is 11.4 Å². The zero-order chi connectivity index (χ0) is 10.4. The molecule has 0 amide bonds. The number of rotatable bonds is 0. The van der Waals surface area contributed by atoms with Crippen LogP contribution in [0.2, 0.25) is 0 Å². The first kappa shape index (κ1) is 9.49. The predicted molar refractivity (Wildman–Crippen MR) is 53.1 cm³/mol.